The molecule has 1 fully saturated rings. The summed E-state index contributed by atoms with van der Waals surface area (Å²) in [5, 5.41) is 13.7. The summed E-state index contributed by atoms with van der Waals surface area (Å²) in [6, 6.07) is 29.2. The Morgan fingerprint density at radius 1 is 0.854 bits per heavy atom. The van der Waals surface area contributed by atoms with Crippen molar-refractivity contribution < 1.29 is 4.74 Å². The molecular weight excluding hydrogens is 514 g/mol. The summed E-state index contributed by atoms with van der Waals surface area (Å²) in [5.74, 6) is 0.648. The molecule has 0 saturated carbocycles. The number of benzene rings is 3. The number of tetrazole rings is 1. The lowest BCUT2D eigenvalue weighted by molar-refractivity contribution is 0.0848. The van der Waals surface area contributed by atoms with Crippen LogP contribution in [-0.2, 0) is 11.3 Å². The number of methoxy groups -OCH3 is 1. The van der Waals surface area contributed by atoms with Crippen molar-refractivity contribution in [1.82, 2.24) is 35.0 Å². The van der Waals surface area contributed by atoms with E-state index in [0.29, 0.717) is 24.5 Å². The summed E-state index contributed by atoms with van der Waals surface area (Å²) in [7, 11) is 1.66. The number of fused-ring (bicyclic) bond motifs is 1. The van der Waals surface area contributed by atoms with Gasteiger partial charge in [0, 0.05) is 44.4 Å². The van der Waals surface area contributed by atoms with E-state index in [4.69, 9.17) is 4.74 Å². The molecule has 1 atom stereocenters. The molecule has 2 aromatic heterocycles. The van der Waals surface area contributed by atoms with Crippen LogP contribution in [0, 0.1) is 6.92 Å². The van der Waals surface area contributed by atoms with Crippen LogP contribution in [0.2, 0.25) is 0 Å². The quantitative estimate of drug-likeness (QED) is 0.298. The monoisotopic (exact) mass is 549 g/mol. The molecule has 9 heteroatoms. The Kier molecular flexibility index (Phi) is 8.00. The van der Waals surface area contributed by atoms with Crippen LogP contribution in [0.3, 0.4) is 0 Å². The van der Waals surface area contributed by atoms with E-state index < -0.39 is 6.04 Å². The summed E-state index contributed by atoms with van der Waals surface area (Å²) in [4.78, 5) is 21.6. The Hall–Kier alpha value is -4.18. The first-order valence-corrected chi connectivity index (χ1v) is 14.1. The Bertz CT molecular complexity index is 1600. The first-order valence-electron chi connectivity index (χ1n) is 14.1. The lowest BCUT2D eigenvalue weighted by Crippen LogP contribution is -2.50. The van der Waals surface area contributed by atoms with Gasteiger partial charge in [-0.15, -0.1) is 5.10 Å². The number of rotatable bonds is 9. The second kappa shape index (κ2) is 12.1. The van der Waals surface area contributed by atoms with Gasteiger partial charge >= 0.3 is 0 Å². The predicted octanol–water partition coefficient (Wildman–Crippen LogP) is 3.97. The minimum atomic E-state index is -0.398. The summed E-state index contributed by atoms with van der Waals surface area (Å²) in [5.41, 5.74) is 4.99. The third kappa shape index (κ3) is 5.69. The van der Waals surface area contributed by atoms with E-state index in [2.05, 4.69) is 103 Å². The molecule has 0 unspecified atom stereocenters. The van der Waals surface area contributed by atoms with E-state index >= 15 is 0 Å². The average molecular weight is 550 g/mol. The number of aromatic amines is 1. The molecule has 210 valence electrons. The average Bonchev–Trinajstić information content (AvgIpc) is 3.46. The number of hydrogen-bond donors (Lipinski definition) is 1. The highest BCUT2D eigenvalue weighted by Crippen LogP contribution is 2.33. The number of nitrogens with zero attached hydrogens (tertiary/aromatic N) is 6. The number of H-pyrrole nitrogens is 1. The normalized spacial score (nSPS) is 15.5. The van der Waals surface area contributed by atoms with E-state index in [1.54, 1.807) is 11.8 Å². The standard InChI is InChI=1S/C32H35N7O2/c1-23-13-14-26-22-27(32(40)33-28(26)21-23)30(31-34-35-36-39(31)19-20-41-2)38-17-15-37(16-18-38)29(24-9-5-3-6-10-24)25-11-7-4-8-12-25/h3-14,21-22,29-30H,15-20H2,1-2H3,(H,33,40)/t30-/m0/s1. The topological polar surface area (TPSA) is 92.2 Å². The van der Waals surface area contributed by atoms with E-state index in [0.717, 1.165) is 42.6 Å². The SMILES string of the molecule is COCCn1nnnc1[C@H](c1cc2ccc(C)cc2[nH]c1=O)N1CCN(C(c2ccccc2)c2ccccc2)CC1. The molecule has 0 bridgehead atoms. The molecule has 9 nitrogen and oxygen atoms in total. The van der Waals surface area contributed by atoms with Crippen molar-refractivity contribution >= 4 is 10.9 Å². The highest BCUT2D eigenvalue weighted by atomic mass is 16.5. The highest BCUT2D eigenvalue weighted by molar-refractivity contribution is 5.79. The lowest BCUT2D eigenvalue weighted by Gasteiger charge is -2.42. The zero-order valence-corrected chi connectivity index (χ0v) is 23.5. The maximum absolute atomic E-state index is 13.6. The molecule has 1 aliphatic heterocycles. The number of nitrogens with one attached hydrogen (secondary N) is 1. The number of aromatic nitrogens is 5. The second-order valence-corrected chi connectivity index (χ2v) is 10.6. The molecule has 3 heterocycles. The molecule has 41 heavy (non-hydrogen) atoms. The van der Waals surface area contributed by atoms with Gasteiger partial charge in [-0.3, -0.25) is 14.6 Å². The van der Waals surface area contributed by atoms with Crippen LogP contribution in [0.1, 0.15) is 40.2 Å². The van der Waals surface area contributed by atoms with Gasteiger partial charge in [0.05, 0.1) is 19.2 Å². The largest absolute Gasteiger partial charge is 0.383 e. The first kappa shape index (κ1) is 27.0. The fraction of sp³-hybridized carbons (Fsp3) is 0.312. The molecule has 1 aliphatic rings. The fourth-order valence-corrected chi connectivity index (χ4v) is 5.92. The summed E-state index contributed by atoms with van der Waals surface area (Å²) in [6.45, 7) is 6.17. The van der Waals surface area contributed by atoms with Gasteiger partial charge in [-0.25, -0.2) is 4.68 Å². The van der Waals surface area contributed by atoms with Crippen molar-refractivity contribution in [1.29, 1.82) is 0 Å². The molecule has 6 rings (SSSR count). The van der Waals surface area contributed by atoms with Crippen molar-refractivity contribution in [3.63, 3.8) is 0 Å². The van der Waals surface area contributed by atoms with Crippen LogP contribution in [0.25, 0.3) is 10.9 Å². The Morgan fingerprint density at radius 3 is 2.12 bits per heavy atom. The number of aryl methyl sites for hydroxylation is 1. The van der Waals surface area contributed by atoms with Gasteiger partial charge in [0.25, 0.3) is 5.56 Å². The highest BCUT2D eigenvalue weighted by Gasteiger charge is 2.34. The van der Waals surface area contributed by atoms with Gasteiger partial charge in [0.15, 0.2) is 5.82 Å². The van der Waals surface area contributed by atoms with Crippen molar-refractivity contribution in [2.45, 2.75) is 25.6 Å². The second-order valence-electron chi connectivity index (χ2n) is 10.6. The van der Waals surface area contributed by atoms with Gasteiger partial charge < -0.3 is 9.72 Å². The lowest BCUT2D eigenvalue weighted by atomic mass is 9.96. The van der Waals surface area contributed by atoms with Gasteiger partial charge in [0.2, 0.25) is 0 Å². The van der Waals surface area contributed by atoms with Crippen molar-refractivity contribution in [3.8, 4) is 0 Å². The zero-order chi connectivity index (χ0) is 28.2. The molecule has 0 spiro atoms. The Labute approximate surface area is 239 Å². The van der Waals surface area contributed by atoms with Crippen LogP contribution >= 0.6 is 0 Å². The third-order valence-electron chi connectivity index (χ3n) is 7.95. The van der Waals surface area contributed by atoms with Crippen molar-refractivity contribution in [3.05, 3.63) is 123 Å². The third-order valence-corrected chi connectivity index (χ3v) is 7.95. The molecular formula is C32H35N7O2. The smallest absolute Gasteiger partial charge is 0.253 e. The van der Waals surface area contributed by atoms with Crippen molar-refractivity contribution in [2.75, 3.05) is 39.9 Å². The molecule has 0 amide bonds. The van der Waals surface area contributed by atoms with Crippen LogP contribution in [-0.4, -0.2) is 74.9 Å². The maximum atomic E-state index is 13.6. The Balaban J connectivity index is 1.35. The first-order chi connectivity index (χ1) is 20.1. The molecule has 1 saturated heterocycles. The van der Waals surface area contributed by atoms with Crippen LogP contribution in [0.5, 0.6) is 0 Å². The Morgan fingerprint density at radius 2 is 1.49 bits per heavy atom. The number of hydrogen-bond acceptors (Lipinski definition) is 7. The molecule has 0 radical (unpaired) electrons. The van der Waals surface area contributed by atoms with E-state index in [1.165, 1.54) is 11.1 Å². The minimum Gasteiger partial charge on any atom is -0.383 e. The van der Waals surface area contributed by atoms with Gasteiger partial charge in [0.1, 0.15) is 6.04 Å². The van der Waals surface area contributed by atoms with Gasteiger partial charge in [-0.05, 0) is 51.6 Å². The number of ether oxygens (including phenoxy) is 1. The molecule has 1 N–H and O–H groups in total. The summed E-state index contributed by atoms with van der Waals surface area (Å²) >= 11 is 0. The zero-order valence-electron chi connectivity index (χ0n) is 23.5. The minimum absolute atomic E-state index is 0.122. The van der Waals surface area contributed by atoms with Gasteiger partial charge in [-0.1, -0.05) is 72.8 Å². The van der Waals surface area contributed by atoms with Crippen LogP contribution in [0.15, 0.2) is 89.7 Å². The molecule has 3 aromatic carbocycles. The van der Waals surface area contributed by atoms with Crippen LogP contribution in [0.4, 0.5) is 0 Å². The number of pyridine rings is 1. The summed E-state index contributed by atoms with van der Waals surface area (Å²) in [6.07, 6.45) is 0. The van der Waals surface area contributed by atoms with Crippen LogP contribution < -0.4 is 5.56 Å². The molecule has 5 aromatic rings. The molecule has 0 aliphatic carbocycles. The number of piperazine rings is 1. The van der Waals surface area contributed by atoms with E-state index in [9.17, 15) is 4.79 Å². The predicted molar refractivity (Wildman–Crippen MR) is 159 cm³/mol. The fourth-order valence-electron chi connectivity index (χ4n) is 5.92. The van der Waals surface area contributed by atoms with Crippen molar-refractivity contribution in [2.24, 2.45) is 0 Å². The van der Waals surface area contributed by atoms with Gasteiger partial charge in [-0.2, -0.15) is 0 Å². The maximum Gasteiger partial charge on any atom is 0.253 e. The van der Waals surface area contributed by atoms with E-state index in [-0.39, 0.29) is 11.6 Å². The summed E-state index contributed by atoms with van der Waals surface area (Å²) < 4.78 is 7.07. The van der Waals surface area contributed by atoms with E-state index in [1.807, 2.05) is 19.1 Å².